The largest absolute Gasteiger partial charge is 0.507 e. The van der Waals surface area contributed by atoms with Crippen LogP contribution in [0.1, 0.15) is 20.9 Å². The van der Waals surface area contributed by atoms with Crippen LogP contribution in [0.5, 0.6) is 5.75 Å². The summed E-state index contributed by atoms with van der Waals surface area (Å²) in [4.78, 5) is 21.2. The van der Waals surface area contributed by atoms with Crippen LogP contribution in [0.15, 0.2) is 28.7 Å². The number of carboxylic acids is 1. The third-order valence-corrected chi connectivity index (χ3v) is 2.32. The number of aldehydes is 1. The average Bonchev–Trinajstić information content (AvgIpc) is 2.77. The van der Waals surface area contributed by atoms with Gasteiger partial charge in [0.25, 0.3) is 0 Å². The Balaban J connectivity index is 2.59. The van der Waals surface area contributed by atoms with E-state index in [9.17, 15) is 19.1 Å². The highest BCUT2D eigenvalue weighted by Crippen LogP contribution is 2.32. The predicted molar refractivity (Wildman–Crippen MR) is 58.1 cm³/mol. The molecule has 0 aliphatic heterocycles. The van der Waals surface area contributed by atoms with Gasteiger partial charge < -0.3 is 14.6 Å². The van der Waals surface area contributed by atoms with Crippen LogP contribution in [0.2, 0.25) is 0 Å². The van der Waals surface area contributed by atoms with Crippen molar-refractivity contribution in [2.75, 3.05) is 0 Å². The summed E-state index contributed by atoms with van der Waals surface area (Å²) in [5.41, 5.74) is -0.589. The molecule has 0 atom stereocenters. The molecule has 0 aliphatic rings. The lowest BCUT2D eigenvalue weighted by atomic mass is 10.1. The molecule has 2 aromatic rings. The Bertz CT molecular complexity index is 629. The van der Waals surface area contributed by atoms with Crippen molar-refractivity contribution in [2.24, 2.45) is 0 Å². The molecule has 2 rings (SSSR count). The van der Waals surface area contributed by atoms with Crippen LogP contribution < -0.4 is 0 Å². The van der Waals surface area contributed by atoms with Gasteiger partial charge in [0.1, 0.15) is 17.3 Å². The minimum absolute atomic E-state index is 0.00176. The first-order valence-electron chi connectivity index (χ1n) is 4.84. The van der Waals surface area contributed by atoms with Gasteiger partial charge in [-0.25, -0.2) is 9.18 Å². The van der Waals surface area contributed by atoms with Crippen LogP contribution in [-0.2, 0) is 0 Å². The number of carbonyl (C=O) groups is 2. The van der Waals surface area contributed by atoms with E-state index in [0.717, 1.165) is 6.07 Å². The average molecular weight is 250 g/mol. The second-order valence-electron chi connectivity index (χ2n) is 3.47. The number of furan rings is 1. The lowest BCUT2D eigenvalue weighted by Gasteiger charge is -2.04. The van der Waals surface area contributed by atoms with Crippen LogP contribution in [0.3, 0.4) is 0 Å². The smallest absolute Gasteiger partial charge is 0.338 e. The van der Waals surface area contributed by atoms with E-state index in [1.807, 2.05) is 0 Å². The number of carboxylic acid groups (broad SMARTS) is 1. The number of aromatic hydroxyl groups is 1. The molecule has 0 amide bonds. The first-order chi connectivity index (χ1) is 8.52. The molecule has 1 heterocycles. The van der Waals surface area contributed by atoms with E-state index in [0.29, 0.717) is 12.4 Å². The molecule has 0 unspecified atom stereocenters. The molecule has 1 aromatic carbocycles. The van der Waals surface area contributed by atoms with Crippen LogP contribution >= 0.6 is 0 Å². The molecule has 0 saturated heterocycles. The summed E-state index contributed by atoms with van der Waals surface area (Å²) in [7, 11) is 0. The zero-order valence-electron chi connectivity index (χ0n) is 8.88. The quantitative estimate of drug-likeness (QED) is 0.816. The van der Waals surface area contributed by atoms with E-state index >= 15 is 0 Å². The Labute approximate surface area is 100 Å². The molecule has 18 heavy (non-hydrogen) atoms. The van der Waals surface area contributed by atoms with Crippen molar-refractivity contribution in [3.8, 4) is 17.1 Å². The lowest BCUT2D eigenvalue weighted by molar-refractivity contribution is 0.0691. The number of phenolic OH excluding ortho intramolecular Hbond substituents is 1. The summed E-state index contributed by atoms with van der Waals surface area (Å²) >= 11 is 0. The van der Waals surface area contributed by atoms with Crippen LogP contribution in [0.25, 0.3) is 11.3 Å². The van der Waals surface area contributed by atoms with Gasteiger partial charge in [-0.15, -0.1) is 0 Å². The van der Waals surface area contributed by atoms with E-state index in [4.69, 9.17) is 9.52 Å². The number of rotatable bonds is 3. The van der Waals surface area contributed by atoms with Gasteiger partial charge in [-0.05, 0) is 18.2 Å². The molecule has 1 aromatic heterocycles. The second-order valence-corrected chi connectivity index (χ2v) is 3.47. The van der Waals surface area contributed by atoms with Gasteiger partial charge in [-0.1, -0.05) is 0 Å². The van der Waals surface area contributed by atoms with Crippen molar-refractivity contribution in [1.82, 2.24) is 0 Å². The predicted octanol–water partition coefficient (Wildman–Crippen LogP) is 2.30. The van der Waals surface area contributed by atoms with E-state index < -0.39 is 23.1 Å². The van der Waals surface area contributed by atoms with Gasteiger partial charge in [0.05, 0.1) is 11.1 Å². The first kappa shape index (κ1) is 11.8. The number of benzene rings is 1. The Hall–Kier alpha value is -2.63. The maximum atomic E-state index is 13.2. The van der Waals surface area contributed by atoms with E-state index in [1.54, 1.807) is 0 Å². The molecule has 0 radical (unpaired) electrons. The fraction of sp³-hybridized carbons (Fsp3) is 0. The Morgan fingerprint density at radius 1 is 1.33 bits per heavy atom. The van der Waals surface area contributed by atoms with Crippen molar-refractivity contribution in [3.63, 3.8) is 0 Å². The number of phenols is 1. The molecule has 0 bridgehead atoms. The van der Waals surface area contributed by atoms with Crippen molar-refractivity contribution < 1.29 is 28.6 Å². The first-order valence-corrected chi connectivity index (χ1v) is 4.84. The standard InChI is InChI=1S/C12H7FO5/c13-9-4-10(15)8(3-7(9)12(16)17)11-2-1-6(5-14)18-11/h1-5,15H,(H,16,17). The van der Waals surface area contributed by atoms with E-state index in [2.05, 4.69) is 0 Å². The monoisotopic (exact) mass is 250 g/mol. The third kappa shape index (κ3) is 1.95. The molecule has 0 aliphatic carbocycles. The molecule has 0 spiro atoms. The maximum absolute atomic E-state index is 13.2. The van der Waals surface area contributed by atoms with Crippen molar-refractivity contribution in [2.45, 2.75) is 0 Å². The lowest BCUT2D eigenvalue weighted by Crippen LogP contribution is -2.00. The molecular formula is C12H7FO5. The zero-order valence-corrected chi connectivity index (χ0v) is 8.88. The van der Waals surface area contributed by atoms with Gasteiger partial charge in [0, 0.05) is 6.07 Å². The molecule has 92 valence electrons. The van der Waals surface area contributed by atoms with Gasteiger partial charge in [0.2, 0.25) is 0 Å². The number of hydrogen-bond donors (Lipinski definition) is 2. The molecule has 5 nitrogen and oxygen atoms in total. The van der Waals surface area contributed by atoms with Gasteiger partial charge in [-0.2, -0.15) is 0 Å². The summed E-state index contributed by atoms with van der Waals surface area (Å²) in [6.07, 6.45) is 0.460. The maximum Gasteiger partial charge on any atom is 0.338 e. The van der Waals surface area contributed by atoms with Crippen LogP contribution in [0, 0.1) is 5.82 Å². The minimum atomic E-state index is -1.46. The van der Waals surface area contributed by atoms with Crippen molar-refractivity contribution in [3.05, 3.63) is 41.4 Å². The third-order valence-electron chi connectivity index (χ3n) is 2.32. The number of hydrogen-bond acceptors (Lipinski definition) is 4. The fourth-order valence-corrected chi connectivity index (χ4v) is 1.48. The molecule has 0 fully saturated rings. The minimum Gasteiger partial charge on any atom is -0.507 e. The highest BCUT2D eigenvalue weighted by molar-refractivity contribution is 5.90. The van der Waals surface area contributed by atoms with Crippen LogP contribution in [-0.4, -0.2) is 22.5 Å². The topological polar surface area (TPSA) is 87.7 Å². The summed E-state index contributed by atoms with van der Waals surface area (Å²) in [6, 6.07) is 4.36. The fourth-order valence-electron chi connectivity index (χ4n) is 1.48. The Morgan fingerprint density at radius 2 is 2.06 bits per heavy atom. The number of carbonyl (C=O) groups excluding carboxylic acids is 1. The Kier molecular flexibility index (Phi) is 2.85. The molecule has 2 N–H and O–H groups in total. The highest BCUT2D eigenvalue weighted by atomic mass is 19.1. The normalized spacial score (nSPS) is 10.3. The van der Waals surface area contributed by atoms with Crippen molar-refractivity contribution in [1.29, 1.82) is 0 Å². The van der Waals surface area contributed by atoms with Crippen molar-refractivity contribution >= 4 is 12.3 Å². The van der Waals surface area contributed by atoms with E-state index in [-0.39, 0.29) is 17.1 Å². The summed E-state index contributed by atoms with van der Waals surface area (Å²) in [5, 5.41) is 18.3. The summed E-state index contributed by atoms with van der Waals surface area (Å²) in [5.74, 6) is -2.88. The Morgan fingerprint density at radius 3 is 2.61 bits per heavy atom. The SMILES string of the molecule is O=Cc1ccc(-c2cc(C(=O)O)c(F)cc2O)o1. The molecule has 6 heteroatoms. The van der Waals surface area contributed by atoms with Gasteiger partial charge in [-0.3, -0.25) is 4.79 Å². The molecule has 0 saturated carbocycles. The highest BCUT2D eigenvalue weighted by Gasteiger charge is 2.17. The summed E-state index contributed by atoms with van der Waals surface area (Å²) in [6.45, 7) is 0. The molecular weight excluding hydrogens is 243 g/mol. The van der Waals surface area contributed by atoms with E-state index in [1.165, 1.54) is 12.1 Å². The van der Waals surface area contributed by atoms with Gasteiger partial charge >= 0.3 is 5.97 Å². The second kappa shape index (κ2) is 4.33. The van der Waals surface area contributed by atoms with Gasteiger partial charge in [0.15, 0.2) is 12.0 Å². The number of halogens is 1. The van der Waals surface area contributed by atoms with Crippen LogP contribution in [0.4, 0.5) is 4.39 Å². The number of aromatic carboxylic acids is 1. The zero-order chi connectivity index (χ0) is 13.3. The summed E-state index contributed by atoms with van der Waals surface area (Å²) < 4.78 is 18.3.